The maximum absolute atomic E-state index is 9.34. The molecule has 94 valence electrons. The second-order valence-corrected chi connectivity index (χ2v) is 5.33. The van der Waals surface area contributed by atoms with Gasteiger partial charge < -0.3 is 10.4 Å². The van der Waals surface area contributed by atoms with E-state index >= 15 is 0 Å². The molecule has 2 rings (SSSR count). The van der Waals surface area contributed by atoms with Gasteiger partial charge in [0.15, 0.2) is 0 Å². The van der Waals surface area contributed by atoms with Gasteiger partial charge in [0.2, 0.25) is 0 Å². The quantitative estimate of drug-likeness (QED) is 0.839. The first-order valence-electron chi connectivity index (χ1n) is 6.57. The highest BCUT2D eigenvalue weighted by Crippen LogP contribution is 2.35. The van der Waals surface area contributed by atoms with Gasteiger partial charge in [0.05, 0.1) is 0 Å². The van der Waals surface area contributed by atoms with Crippen LogP contribution in [0.25, 0.3) is 0 Å². The molecule has 1 aliphatic rings. The molecule has 1 saturated heterocycles. The van der Waals surface area contributed by atoms with E-state index in [2.05, 4.69) is 37.4 Å². The molecule has 1 fully saturated rings. The minimum atomic E-state index is 0.144. The number of benzene rings is 1. The Morgan fingerprint density at radius 1 is 1.29 bits per heavy atom. The molecule has 1 heterocycles. The molecule has 1 aromatic rings. The largest absolute Gasteiger partial charge is 0.396 e. The summed E-state index contributed by atoms with van der Waals surface area (Å²) in [5.41, 5.74) is 4.23. The van der Waals surface area contributed by atoms with Crippen LogP contribution in [0.2, 0.25) is 0 Å². The number of hydrogen-bond acceptors (Lipinski definition) is 2. The summed E-state index contributed by atoms with van der Waals surface area (Å²) in [6.07, 6.45) is 3.25. The zero-order chi connectivity index (χ0) is 12.3. The predicted octanol–water partition coefficient (Wildman–Crippen LogP) is 2.31. The maximum Gasteiger partial charge on any atom is 0.0440 e. The number of hydrogen-bond donors (Lipinski definition) is 2. The molecule has 0 radical (unpaired) electrons. The molecule has 1 aromatic carbocycles. The van der Waals surface area contributed by atoms with Crippen LogP contribution in [0.15, 0.2) is 18.2 Å². The van der Waals surface area contributed by atoms with Crippen molar-refractivity contribution < 1.29 is 5.11 Å². The van der Waals surface area contributed by atoms with Crippen molar-refractivity contribution in [3.8, 4) is 0 Å². The minimum absolute atomic E-state index is 0.144. The van der Waals surface area contributed by atoms with Crippen molar-refractivity contribution in [1.82, 2.24) is 5.32 Å². The normalized spacial score (nSPS) is 24.9. The summed E-state index contributed by atoms with van der Waals surface area (Å²) in [7, 11) is 0. The van der Waals surface area contributed by atoms with E-state index in [-0.39, 0.29) is 12.0 Å². The summed E-state index contributed by atoms with van der Waals surface area (Å²) in [5, 5.41) is 12.8. The molecule has 1 atom stereocenters. The molecule has 0 aliphatic carbocycles. The first-order valence-corrected chi connectivity index (χ1v) is 6.57. The fourth-order valence-corrected chi connectivity index (χ4v) is 2.86. The minimum Gasteiger partial charge on any atom is -0.396 e. The van der Waals surface area contributed by atoms with E-state index in [1.165, 1.54) is 29.5 Å². The van der Waals surface area contributed by atoms with Crippen molar-refractivity contribution in [2.24, 2.45) is 0 Å². The zero-order valence-electron chi connectivity index (χ0n) is 10.9. The van der Waals surface area contributed by atoms with Gasteiger partial charge >= 0.3 is 0 Å². The molecule has 0 spiro atoms. The van der Waals surface area contributed by atoms with Crippen molar-refractivity contribution in [1.29, 1.82) is 0 Å². The van der Waals surface area contributed by atoms with Crippen LogP contribution in [0.1, 0.15) is 36.0 Å². The summed E-state index contributed by atoms with van der Waals surface area (Å²) >= 11 is 0. The van der Waals surface area contributed by atoms with Crippen LogP contribution in [0, 0.1) is 13.8 Å². The van der Waals surface area contributed by atoms with E-state index < -0.39 is 0 Å². The van der Waals surface area contributed by atoms with Crippen LogP contribution in [0.4, 0.5) is 0 Å². The molecule has 1 aliphatic heterocycles. The highest BCUT2D eigenvalue weighted by atomic mass is 16.3. The molecule has 0 bridgehead atoms. The van der Waals surface area contributed by atoms with Gasteiger partial charge in [-0.15, -0.1) is 0 Å². The molecule has 0 saturated carbocycles. The lowest BCUT2D eigenvalue weighted by Gasteiger charge is -2.38. The Kier molecular flexibility index (Phi) is 3.85. The number of piperidine rings is 1. The van der Waals surface area contributed by atoms with Crippen molar-refractivity contribution in [2.75, 3.05) is 19.7 Å². The van der Waals surface area contributed by atoms with Gasteiger partial charge in [-0.1, -0.05) is 18.2 Å². The second-order valence-electron chi connectivity index (χ2n) is 5.33. The molecule has 2 heteroatoms. The molecule has 0 aromatic heterocycles. The monoisotopic (exact) mass is 233 g/mol. The summed E-state index contributed by atoms with van der Waals surface area (Å²) in [4.78, 5) is 0. The van der Waals surface area contributed by atoms with Crippen molar-refractivity contribution in [3.63, 3.8) is 0 Å². The first kappa shape index (κ1) is 12.6. The molecule has 1 unspecified atom stereocenters. The fraction of sp³-hybridized carbons (Fsp3) is 0.600. The standard InChI is InChI=1S/C15H23NO/c1-12-4-5-14(10-13(12)2)15(7-9-17)6-3-8-16-11-15/h4-5,10,16-17H,3,6-9,11H2,1-2H3. The average molecular weight is 233 g/mol. The Labute approximate surface area is 104 Å². The van der Waals surface area contributed by atoms with E-state index in [1.807, 2.05) is 0 Å². The van der Waals surface area contributed by atoms with Crippen LogP contribution in [0.5, 0.6) is 0 Å². The van der Waals surface area contributed by atoms with Crippen LogP contribution in [-0.4, -0.2) is 24.8 Å². The zero-order valence-corrected chi connectivity index (χ0v) is 10.9. The van der Waals surface area contributed by atoms with Gasteiger partial charge in [-0.05, 0) is 56.3 Å². The summed E-state index contributed by atoms with van der Waals surface area (Å²) in [6, 6.07) is 6.75. The third kappa shape index (κ3) is 2.53. The van der Waals surface area contributed by atoms with Crippen LogP contribution < -0.4 is 5.32 Å². The fourth-order valence-electron chi connectivity index (χ4n) is 2.86. The van der Waals surface area contributed by atoms with Gasteiger partial charge in [-0.25, -0.2) is 0 Å². The van der Waals surface area contributed by atoms with Gasteiger partial charge in [-0.3, -0.25) is 0 Å². The van der Waals surface area contributed by atoms with Gasteiger partial charge in [0.25, 0.3) is 0 Å². The van der Waals surface area contributed by atoms with Gasteiger partial charge in [-0.2, -0.15) is 0 Å². The molecular weight excluding hydrogens is 210 g/mol. The smallest absolute Gasteiger partial charge is 0.0440 e. The van der Waals surface area contributed by atoms with Crippen molar-refractivity contribution >= 4 is 0 Å². The van der Waals surface area contributed by atoms with Crippen molar-refractivity contribution in [3.05, 3.63) is 34.9 Å². The van der Waals surface area contributed by atoms with Gasteiger partial charge in [0, 0.05) is 18.6 Å². The van der Waals surface area contributed by atoms with E-state index in [0.29, 0.717) is 0 Å². The average Bonchev–Trinajstić information content (AvgIpc) is 2.34. The van der Waals surface area contributed by atoms with E-state index in [1.54, 1.807) is 0 Å². The number of aliphatic hydroxyl groups is 1. The van der Waals surface area contributed by atoms with E-state index in [9.17, 15) is 5.11 Å². The van der Waals surface area contributed by atoms with Crippen LogP contribution in [-0.2, 0) is 5.41 Å². The molecule has 0 amide bonds. The van der Waals surface area contributed by atoms with Gasteiger partial charge in [0.1, 0.15) is 0 Å². The molecular formula is C15H23NO. The third-order valence-corrected chi connectivity index (χ3v) is 4.18. The topological polar surface area (TPSA) is 32.3 Å². The van der Waals surface area contributed by atoms with E-state index in [4.69, 9.17) is 0 Å². The molecule has 2 nitrogen and oxygen atoms in total. The third-order valence-electron chi connectivity index (χ3n) is 4.18. The highest BCUT2D eigenvalue weighted by Gasteiger charge is 2.33. The summed E-state index contributed by atoms with van der Waals surface area (Å²) in [5.74, 6) is 0. The Morgan fingerprint density at radius 3 is 2.71 bits per heavy atom. The Hall–Kier alpha value is -0.860. The highest BCUT2D eigenvalue weighted by molar-refractivity contribution is 5.35. The van der Waals surface area contributed by atoms with Crippen LogP contribution in [0.3, 0.4) is 0 Å². The first-order chi connectivity index (χ1) is 8.18. The summed E-state index contributed by atoms with van der Waals surface area (Å²) in [6.45, 7) is 6.70. The lowest BCUT2D eigenvalue weighted by Crippen LogP contribution is -2.44. The second kappa shape index (κ2) is 5.19. The van der Waals surface area contributed by atoms with Crippen LogP contribution >= 0.6 is 0 Å². The SMILES string of the molecule is Cc1ccc(C2(CCO)CCCNC2)cc1C. The maximum atomic E-state index is 9.34. The number of aliphatic hydroxyl groups excluding tert-OH is 1. The molecule has 17 heavy (non-hydrogen) atoms. The number of rotatable bonds is 3. The number of nitrogens with one attached hydrogen (secondary N) is 1. The Bertz CT molecular complexity index is 375. The Balaban J connectivity index is 2.34. The van der Waals surface area contributed by atoms with Crippen molar-refractivity contribution in [2.45, 2.75) is 38.5 Å². The Morgan fingerprint density at radius 2 is 2.12 bits per heavy atom. The lowest BCUT2D eigenvalue weighted by molar-refractivity contribution is 0.207. The summed E-state index contributed by atoms with van der Waals surface area (Å²) < 4.78 is 0. The lowest BCUT2D eigenvalue weighted by atomic mass is 9.72. The number of aryl methyl sites for hydroxylation is 2. The predicted molar refractivity (Wildman–Crippen MR) is 71.4 cm³/mol. The van der Waals surface area contributed by atoms with E-state index in [0.717, 1.165) is 19.5 Å². The molecule has 2 N–H and O–H groups in total.